The summed E-state index contributed by atoms with van der Waals surface area (Å²) >= 11 is 7.49. The molecule has 2 aromatic carbocycles. The first-order chi connectivity index (χ1) is 14.5. The highest BCUT2D eigenvalue weighted by molar-refractivity contribution is 7.21. The van der Waals surface area contributed by atoms with Gasteiger partial charge in [-0.25, -0.2) is 15.0 Å². The number of amides is 2. The molecule has 0 atom stereocenters. The lowest BCUT2D eigenvalue weighted by Gasteiger charge is -2.10. The molecule has 0 aliphatic rings. The Kier molecular flexibility index (Phi) is 5.69. The normalized spacial score (nSPS) is 10.7. The summed E-state index contributed by atoms with van der Waals surface area (Å²) in [6.07, 6.45) is 2.94. The molecular weight excluding hydrogens is 422 g/mol. The second-order valence-corrected chi connectivity index (χ2v) is 7.82. The fourth-order valence-electron chi connectivity index (χ4n) is 2.82. The molecule has 0 saturated carbocycles. The Morgan fingerprint density at radius 2 is 1.87 bits per heavy atom. The third kappa shape index (κ3) is 4.14. The molecule has 4 aromatic rings. The molecule has 2 heterocycles. The zero-order valence-electron chi connectivity index (χ0n) is 15.8. The standard InChI is InChI=1S/C21H16ClN5O2S/c1-12-13(22)5-4-7-14(12)26-17(28)11-25-20(29)18-19(24-10-9-23-18)21-27-15-6-2-3-8-16(15)30-21/h2-10H,11H2,1H3,(H,25,29)(H,26,28). The Hall–Kier alpha value is -3.36. The van der Waals surface area contributed by atoms with E-state index in [0.29, 0.717) is 21.4 Å². The van der Waals surface area contributed by atoms with E-state index in [1.165, 1.54) is 23.7 Å². The number of fused-ring (bicyclic) bond motifs is 1. The van der Waals surface area contributed by atoms with E-state index >= 15 is 0 Å². The molecule has 0 bridgehead atoms. The van der Waals surface area contributed by atoms with Gasteiger partial charge in [0.25, 0.3) is 5.91 Å². The Morgan fingerprint density at radius 3 is 2.70 bits per heavy atom. The second-order valence-electron chi connectivity index (χ2n) is 6.38. The van der Waals surface area contributed by atoms with E-state index in [0.717, 1.165) is 15.8 Å². The lowest BCUT2D eigenvalue weighted by molar-refractivity contribution is -0.115. The maximum atomic E-state index is 12.7. The molecule has 0 saturated heterocycles. The summed E-state index contributed by atoms with van der Waals surface area (Å²) < 4.78 is 0.987. The van der Waals surface area contributed by atoms with Crippen molar-refractivity contribution >= 4 is 50.7 Å². The van der Waals surface area contributed by atoms with E-state index in [4.69, 9.17) is 11.6 Å². The molecule has 0 fully saturated rings. The van der Waals surface area contributed by atoms with Crippen LogP contribution in [0, 0.1) is 6.92 Å². The minimum atomic E-state index is -0.504. The maximum absolute atomic E-state index is 12.7. The van der Waals surface area contributed by atoms with E-state index in [1.54, 1.807) is 25.1 Å². The Labute approximate surface area is 181 Å². The average Bonchev–Trinajstić information content (AvgIpc) is 3.19. The van der Waals surface area contributed by atoms with Crippen molar-refractivity contribution in [1.29, 1.82) is 0 Å². The Morgan fingerprint density at radius 1 is 1.07 bits per heavy atom. The quantitative estimate of drug-likeness (QED) is 0.490. The summed E-state index contributed by atoms with van der Waals surface area (Å²) in [5.74, 6) is -0.880. The highest BCUT2D eigenvalue weighted by atomic mass is 35.5. The fraction of sp³-hybridized carbons (Fsp3) is 0.0952. The Balaban J connectivity index is 1.49. The zero-order valence-corrected chi connectivity index (χ0v) is 17.4. The molecule has 0 spiro atoms. The number of anilines is 1. The van der Waals surface area contributed by atoms with E-state index in [2.05, 4.69) is 25.6 Å². The first-order valence-corrected chi connectivity index (χ1v) is 10.2. The summed E-state index contributed by atoms with van der Waals surface area (Å²) in [4.78, 5) is 37.9. The summed E-state index contributed by atoms with van der Waals surface area (Å²) in [5.41, 5.74) is 2.67. The van der Waals surface area contributed by atoms with Gasteiger partial charge >= 0.3 is 0 Å². The van der Waals surface area contributed by atoms with Gasteiger partial charge in [0.1, 0.15) is 10.7 Å². The number of nitrogens with zero attached hydrogens (tertiary/aromatic N) is 3. The number of carbonyl (C=O) groups is 2. The van der Waals surface area contributed by atoms with Gasteiger partial charge in [-0.3, -0.25) is 9.59 Å². The number of para-hydroxylation sites is 1. The van der Waals surface area contributed by atoms with Gasteiger partial charge in [0.05, 0.1) is 16.8 Å². The maximum Gasteiger partial charge on any atom is 0.272 e. The number of rotatable bonds is 5. The van der Waals surface area contributed by atoms with Crippen LogP contribution in [0.3, 0.4) is 0 Å². The lowest BCUT2D eigenvalue weighted by atomic mass is 10.2. The predicted octanol–water partition coefficient (Wildman–Crippen LogP) is 4.08. The highest BCUT2D eigenvalue weighted by Gasteiger charge is 2.19. The zero-order chi connectivity index (χ0) is 21.1. The molecule has 9 heteroatoms. The first-order valence-electron chi connectivity index (χ1n) is 9.03. The van der Waals surface area contributed by atoms with Crippen molar-refractivity contribution in [2.45, 2.75) is 6.92 Å². The minimum absolute atomic E-state index is 0.114. The molecule has 4 rings (SSSR count). The molecule has 150 valence electrons. The number of hydrogen-bond acceptors (Lipinski definition) is 6. The van der Waals surface area contributed by atoms with Crippen LogP contribution >= 0.6 is 22.9 Å². The van der Waals surface area contributed by atoms with Crippen LogP contribution in [-0.2, 0) is 4.79 Å². The summed E-state index contributed by atoms with van der Waals surface area (Å²) in [6, 6.07) is 12.9. The van der Waals surface area contributed by atoms with E-state index in [9.17, 15) is 9.59 Å². The van der Waals surface area contributed by atoms with Crippen molar-refractivity contribution < 1.29 is 9.59 Å². The highest BCUT2D eigenvalue weighted by Crippen LogP contribution is 2.30. The van der Waals surface area contributed by atoms with Crippen LogP contribution in [0.5, 0.6) is 0 Å². The molecule has 7 nitrogen and oxygen atoms in total. The van der Waals surface area contributed by atoms with Gasteiger partial charge in [0.15, 0.2) is 5.69 Å². The Bertz CT molecular complexity index is 1220. The third-order valence-electron chi connectivity index (χ3n) is 4.36. The van der Waals surface area contributed by atoms with Crippen LogP contribution in [0.1, 0.15) is 16.1 Å². The second kappa shape index (κ2) is 8.56. The van der Waals surface area contributed by atoms with Crippen molar-refractivity contribution in [3.63, 3.8) is 0 Å². The van der Waals surface area contributed by atoms with Gasteiger partial charge < -0.3 is 10.6 Å². The van der Waals surface area contributed by atoms with Crippen molar-refractivity contribution in [3.8, 4) is 10.7 Å². The minimum Gasteiger partial charge on any atom is -0.342 e. The van der Waals surface area contributed by atoms with Crippen LogP contribution in [0.2, 0.25) is 5.02 Å². The third-order valence-corrected chi connectivity index (χ3v) is 5.81. The van der Waals surface area contributed by atoms with Crippen molar-refractivity contribution in [2.24, 2.45) is 0 Å². The number of benzene rings is 2. The molecule has 0 aliphatic carbocycles. The summed E-state index contributed by atoms with van der Waals surface area (Å²) in [7, 11) is 0. The largest absolute Gasteiger partial charge is 0.342 e. The SMILES string of the molecule is Cc1c(Cl)cccc1NC(=O)CNC(=O)c1nccnc1-c1nc2ccccc2s1. The lowest BCUT2D eigenvalue weighted by Crippen LogP contribution is -2.33. The van der Waals surface area contributed by atoms with Gasteiger partial charge in [-0.15, -0.1) is 11.3 Å². The molecule has 30 heavy (non-hydrogen) atoms. The predicted molar refractivity (Wildman–Crippen MR) is 118 cm³/mol. The van der Waals surface area contributed by atoms with Crippen molar-refractivity contribution in [1.82, 2.24) is 20.3 Å². The van der Waals surface area contributed by atoms with Gasteiger partial charge in [-0.05, 0) is 36.8 Å². The number of thiazole rings is 1. The average molecular weight is 438 g/mol. The van der Waals surface area contributed by atoms with E-state index in [1.807, 2.05) is 24.3 Å². The van der Waals surface area contributed by atoms with Crippen molar-refractivity contribution in [3.05, 3.63) is 71.1 Å². The summed E-state index contributed by atoms with van der Waals surface area (Å²) in [5, 5.41) is 6.47. The van der Waals surface area contributed by atoms with Gasteiger partial charge in [-0.2, -0.15) is 0 Å². The van der Waals surface area contributed by atoms with Crippen LogP contribution < -0.4 is 10.6 Å². The number of aromatic nitrogens is 3. The monoisotopic (exact) mass is 437 g/mol. The van der Waals surface area contributed by atoms with Gasteiger partial charge in [0, 0.05) is 23.1 Å². The molecule has 2 N–H and O–H groups in total. The molecular formula is C21H16ClN5O2S. The molecule has 0 unspecified atom stereocenters. The summed E-state index contributed by atoms with van der Waals surface area (Å²) in [6.45, 7) is 1.58. The first kappa shape index (κ1) is 19.9. The van der Waals surface area contributed by atoms with E-state index < -0.39 is 5.91 Å². The number of halogens is 1. The molecule has 0 aliphatic heterocycles. The number of carbonyl (C=O) groups excluding carboxylic acids is 2. The van der Waals surface area contributed by atoms with Crippen LogP contribution in [-0.4, -0.2) is 33.3 Å². The topological polar surface area (TPSA) is 96.9 Å². The number of hydrogen-bond donors (Lipinski definition) is 2. The van der Waals surface area contributed by atoms with Gasteiger partial charge in [-0.1, -0.05) is 29.8 Å². The number of nitrogens with one attached hydrogen (secondary N) is 2. The fourth-order valence-corrected chi connectivity index (χ4v) is 3.95. The van der Waals surface area contributed by atoms with Crippen molar-refractivity contribution in [2.75, 3.05) is 11.9 Å². The van der Waals surface area contributed by atoms with Crippen LogP contribution in [0.15, 0.2) is 54.9 Å². The van der Waals surface area contributed by atoms with E-state index in [-0.39, 0.29) is 18.1 Å². The molecule has 2 aromatic heterocycles. The molecule has 2 amide bonds. The van der Waals surface area contributed by atoms with Crippen LogP contribution in [0.25, 0.3) is 20.9 Å². The smallest absolute Gasteiger partial charge is 0.272 e. The van der Waals surface area contributed by atoms with Gasteiger partial charge in [0.2, 0.25) is 5.91 Å². The van der Waals surface area contributed by atoms with Crippen LogP contribution in [0.4, 0.5) is 5.69 Å². The molecule has 0 radical (unpaired) electrons.